The molecule has 2 aromatic carbocycles. The third kappa shape index (κ3) is 4.43. The Morgan fingerprint density at radius 1 is 1.21 bits per heavy atom. The predicted molar refractivity (Wildman–Crippen MR) is 108 cm³/mol. The molecule has 1 N–H and O–H groups in total. The lowest BCUT2D eigenvalue weighted by Gasteiger charge is -2.08. The molecular weight excluding hydrogens is 372 g/mol. The van der Waals surface area contributed by atoms with Gasteiger partial charge in [-0.1, -0.05) is 30.3 Å². The Bertz CT molecular complexity index is 1040. The summed E-state index contributed by atoms with van der Waals surface area (Å²) in [6.07, 6.45) is 0. The minimum Gasteiger partial charge on any atom is -0.490 e. The highest BCUT2D eigenvalue weighted by Gasteiger charge is 2.19. The number of hydrogen-bond acceptors (Lipinski definition) is 5. The number of benzene rings is 2. The zero-order valence-corrected chi connectivity index (χ0v) is 16.5. The Labute approximate surface area is 168 Å². The fraction of sp³-hybridized carbons (Fsp3) is 0.238. The fourth-order valence-corrected chi connectivity index (χ4v) is 3.14. The predicted octanol–water partition coefficient (Wildman–Crippen LogP) is 3.40. The minimum atomic E-state index is -0.572. The lowest BCUT2D eigenvalue weighted by molar-refractivity contribution is -0.385. The van der Waals surface area contributed by atoms with E-state index in [2.05, 4.69) is 10.4 Å². The summed E-state index contributed by atoms with van der Waals surface area (Å²) >= 11 is 0. The van der Waals surface area contributed by atoms with E-state index in [1.807, 2.05) is 48.9 Å². The Morgan fingerprint density at radius 2 is 1.93 bits per heavy atom. The number of ether oxygens (including phenoxy) is 1. The van der Waals surface area contributed by atoms with E-state index in [1.54, 1.807) is 0 Å². The number of carbonyl (C=O) groups is 1. The van der Waals surface area contributed by atoms with Crippen molar-refractivity contribution in [1.82, 2.24) is 15.1 Å². The van der Waals surface area contributed by atoms with Crippen molar-refractivity contribution in [2.45, 2.75) is 26.9 Å². The zero-order valence-electron chi connectivity index (χ0n) is 16.5. The lowest BCUT2D eigenvalue weighted by Crippen LogP contribution is -2.23. The molecule has 0 fully saturated rings. The van der Waals surface area contributed by atoms with Crippen molar-refractivity contribution >= 4 is 11.6 Å². The molecule has 8 nitrogen and oxygen atoms in total. The summed E-state index contributed by atoms with van der Waals surface area (Å²) in [4.78, 5) is 23.1. The lowest BCUT2D eigenvalue weighted by atomic mass is 10.1. The van der Waals surface area contributed by atoms with Gasteiger partial charge in [0.15, 0.2) is 5.75 Å². The van der Waals surface area contributed by atoms with Crippen LogP contribution < -0.4 is 10.1 Å². The monoisotopic (exact) mass is 394 g/mol. The molecule has 3 aromatic rings. The maximum Gasteiger partial charge on any atom is 0.311 e. The summed E-state index contributed by atoms with van der Waals surface area (Å²) in [5.74, 6) is -0.286. The molecule has 0 aliphatic carbocycles. The van der Waals surface area contributed by atoms with Gasteiger partial charge in [0.1, 0.15) is 0 Å². The van der Waals surface area contributed by atoms with Crippen molar-refractivity contribution < 1.29 is 14.5 Å². The van der Waals surface area contributed by atoms with E-state index in [-0.39, 0.29) is 23.5 Å². The van der Waals surface area contributed by atoms with Crippen molar-refractivity contribution in [3.8, 4) is 5.75 Å². The van der Waals surface area contributed by atoms with Crippen molar-refractivity contribution in [2.24, 2.45) is 0 Å². The van der Waals surface area contributed by atoms with E-state index in [9.17, 15) is 14.9 Å². The van der Waals surface area contributed by atoms with Gasteiger partial charge in [0, 0.05) is 29.4 Å². The minimum absolute atomic E-state index is 0.112. The van der Waals surface area contributed by atoms with Crippen molar-refractivity contribution in [2.75, 3.05) is 7.11 Å². The number of carbonyl (C=O) groups excluding carboxylic acids is 1. The maximum absolute atomic E-state index is 12.5. The molecule has 29 heavy (non-hydrogen) atoms. The number of amides is 1. The SMILES string of the molecule is COc1ccc(C(=O)NCc2c(C)nn(Cc3ccccc3)c2C)cc1[N+](=O)[O-]. The molecule has 0 aliphatic rings. The van der Waals surface area contributed by atoms with Crippen LogP contribution in [0.3, 0.4) is 0 Å². The first kappa shape index (κ1) is 20.1. The molecule has 0 radical (unpaired) electrons. The normalized spacial score (nSPS) is 10.6. The number of aryl methyl sites for hydroxylation is 1. The van der Waals surface area contributed by atoms with Gasteiger partial charge in [-0.15, -0.1) is 0 Å². The van der Waals surface area contributed by atoms with Crippen LogP contribution in [0.4, 0.5) is 5.69 Å². The first-order valence-corrected chi connectivity index (χ1v) is 9.08. The molecule has 8 heteroatoms. The highest BCUT2D eigenvalue weighted by molar-refractivity contribution is 5.95. The van der Waals surface area contributed by atoms with Gasteiger partial charge in [-0.2, -0.15) is 5.10 Å². The summed E-state index contributed by atoms with van der Waals surface area (Å²) in [6, 6.07) is 14.1. The topological polar surface area (TPSA) is 99.3 Å². The summed E-state index contributed by atoms with van der Waals surface area (Å²) in [5, 5.41) is 18.6. The summed E-state index contributed by atoms with van der Waals surface area (Å²) in [6.45, 7) is 4.79. The number of nitro groups is 1. The van der Waals surface area contributed by atoms with Crippen LogP contribution in [-0.4, -0.2) is 27.7 Å². The summed E-state index contributed by atoms with van der Waals surface area (Å²) in [7, 11) is 1.35. The van der Waals surface area contributed by atoms with E-state index in [0.29, 0.717) is 6.54 Å². The third-order valence-electron chi connectivity index (χ3n) is 4.77. The molecule has 3 rings (SSSR count). The van der Waals surface area contributed by atoms with E-state index in [1.165, 1.54) is 25.3 Å². The van der Waals surface area contributed by atoms with Gasteiger partial charge < -0.3 is 10.1 Å². The molecule has 1 heterocycles. The van der Waals surface area contributed by atoms with Crippen LogP contribution in [0.25, 0.3) is 0 Å². The van der Waals surface area contributed by atoms with Gasteiger partial charge in [-0.3, -0.25) is 19.6 Å². The van der Waals surface area contributed by atoms with Gasteiger partial charge in [0.05, 0.1) is 24.3 Å². The molecule has 1 aromatic heterocycles. The summed E-state index contributed by atoms with van der Waals surface area (Å²) in [5.41, 5.74) is 3.82. The number of aromatic nitrogens is 2. The molecule has 0 spiro atoms. The molecule has 0 bridgehead atoms. The second-order valence-electron chi connectivity index (χ2n) is 6.62. The van der Waals surface area contributed by atoms with Gasteiger partial charge >= 0.3 is 5.69 Å². The first-order chi connectivity index (χ1) is 13.9. The van der Waals surface area contributed by atoms with Gasteiger partial charge in [0.25, 0.3) is 5.91 Å². The van der Waals surface area contributed by atoms with Crippen LogP contribution in [-0.2, 0) is 13.1 Å². The number of methoxy groups -OCH3 is 1. The zero-order chi connectivity index (χ0) is 21.0. The average molecular weight is 394 g/mol. The molecule has 0 unspecified atom stereocenters. The Balaban J connectivity index is 1.74. The van der Waals surface area contributed by atoms with Crippen molar-refractivity contribution in [1.29, 1.82) is 0 Å². The Hall–Kier alpha value is -3.68. The average Bonchev–Trinajstić information content (AvgIpc) is 2.99. The van der Waals surface area contributed by atoms with Crippen LogP contribution in [0.1, 0.15) is 32.9 Å². The van der Waals surface area contributed by atoms with Crippen LogP contribution in [0, 0.1) is 24.0 Å². The Kier molecular flexibility index (Phi) is 5.92. The molecule has 1 amide bonds. The number of nitro benzene ring substituents is 1. The number of hydrogen-bond donors (Lipinski definition) is 1. The largest absolute Gasteiger partial charge is 0.490 e. The number of nitrogens with zero attached hydrogens (tertiary/aromatic N) is 3. The van der Waals surface area contributed by atoms with E-state index < -0.39 is 10.8 Å². The number of rotatable bonds is 7. The molecule has 0 aliphatic heterocycles. The van der Waals surface area contributed by atoms with E-state index >= 15 is 0 Å². The molecule has 0 atom stereocenters. The van der Waals surface area contributed by atoms with Crippen LogP contribution in [0.2, 0.25) is 0 Å². The highest BCUT2D eigenvalue weighted by atomic mass is 16.6. The van der Waals surface area contributed by atoms with Gasteiger partial charge in [-0.25, -0.2) is 0 Å². The molecule has 0 saturated heterocycles. The van der Waals surface area contributed by atoms with E-state index in [0.717, 1.165) is 22.5 Å². The van der Waals surface area contributed by atoms with Crippen LogP contribution in [0.15, 0.2) is 48.5 Å². The van der Waals surface area contributed by atoms with E-state index in [4.69, 9.17) is 4.74 Å². The van der Waals surface area contributed by atoms with Crippen LogP contribution in [0.5, 0.6) is 5.75 Å². The first-order valence-electron chi connectivity index (χ1n) is 9.08. The smallest absolute Gasteiger partial charge is 0.311 e. The third-order valence-corrected chi connectivity index (χ3v) is 4.77. The second kappa shape index (κ2) is 8.55. The molecular formula is C21H22N4O4. The number of nitrogens with one attached hydrogen (secondary N) is 1. The second-order valence-corrected chi connectivity index (χ2v) is 6.62. The highest BCUT2D eigenvalue weighted by Crippen LogP contribution is 2.27. The quantitative estimate of drug-likeness (QED) is 0.489. The maximum atomic E-state index is 12.5. The van der Waals surface area contributed by atoms with Gasteiger partial charge in [0.2, 0.25) is 0 Å². The van der Waals surface area contributed by atoms with Crippen molar-refractivity contribution in [3.63, 3.8) is 0 Å². The molecule has 0 saturated carbocycles. The fourth-order valence-electron chi connectivity index (χ4n) is 3.14. The molecule has 150 valence electrons. The summed E-state index contributed by atoms with van der Waals surface area (Å²) < 4.78 is 6.88. The van der Waals surface area contributed by atoms with Crippen molar-refractivity contribution in [3.05, 3.63) is 86.7 Å². The van der Waals surface area contributed by atoms with Gasteiger partial charge in [-0.05, 0) is 31.5 Å². The van der Waals surface area contributed by atoms with Crippen LogP contribution >= 0.6 is 0 Å². The standard InChI is InChI=1S/C21H22N4O4/c1-14-18(15(2)24(23-14)13-16-7-5-4-6-8-16)12-22-21(26)17-9-10-20(29-3)19(11-17)25(27)28/h4-11H,12-13H2,1-3H3,(H,22,26). The Morgan fingerprint density at radius 3 is 2.59 bits per heavy atom.